The average molecular weight is 247 g/mol. The number of furan rings is 1. The van der Waals surface area contributed by atoms with E-state index in [1.165, 1.54) is 6.07 Å². The van der Waals surface area contributed by atoms with Crippen LogP contribution >= 0.6 is 0 Å². The highest BCUT2D eigenvalue weighted by atomic mass is 19.1. The van der Waals surface area contributed by atoms with Gasteiger partial charge < -0.3 is 9.73 Å². The van der Waals surface area contributed by atoms with E-state index in [1.807, 2.05) is 13.0 Å². The van der Waals surface area contributed by atoms with E-state index in [2.05, 4.69) is 12.2 Å². The Kier molecular flexibility index (Phi) is 4.15. The highest BCUT2D eigenvalue weighted by Gasteiger charge is 2.11. The molecule has 0 aliphatic rings. The fourth-order valence-corrected chi connectivity index (χ4v) is 1.98. The van der Waals surface area contributed by atoms with E-state index in [9.17, 15) is 4.39 Å². The predicted molar refractivity (Wildman–Crippen MR) is 70.8 cm³/mol. The summed E-state index contributed by atoms with van der Waals surface area (Å²) in [5, 5.41) is 3.29. The summed E-state index contributed by atoms with van der Waals surface area (Å²) in [6, 6.07) is 6.73. The zero-order valence-electron chi connectivity index (χ0n) is 10.8. The van der Waals surface area contributed by atoms with Gasteiger partial charge in [0.15, 0.2) is 0 Å². The summed E-state index contributed by atoms with van der Waals surface area (Å²) in [5.74, 6) is 0.640. The molecule has 0 atom stereocenters. The molecule has 0 spiro atoms. The van der Waals surface area contributed by atoms with Crippen LogP contribution in [0.1, 0.15) is 24.7 Å². The fourth-order valence-electron chi connectivity index (χ4n) is 1.98. The molecule has 18 heavy (non-hydrogen) atoms. The first-order chi connectivity index (χ1) is 8.72. The number of rotatable bonds is 5. The number of hydrogen-bond donors (Lipinski definition) is 1. The first-order valence-electron chi connectivity index (χ1n) is 6.26. The van der Waals surface area contributed by atoms with E-state index >= 15 is 0 Å². The molecule has 0 aliphatic carbocycles. The van der Waals surface area contributed by atoms with Gasteiger partial charge in [0.1, 0.15) is 11.6 Å². The van der Waals surface area contributed by atoms with Crippen molar-refractivity contribution in [1.29, 1.82) is 0 Å². The lowest BCUT2D eigenvalue weighted by molar-refractivity contribution is 0.484. The lowest BCUT2D eigenvalue weighted by Crippen LogP contribution is -2.13. The second-order valence-corrected chi connectivity index (χ2v) is 4.39. The third kappa shape index (κ3) is 2.79. The lowest BCUT2D eigenvalue weighted by atomic mass is 10.0. The lowest BCUT2D eigenvalue weighted by Gasteiger charge is -2.07. The molecule has 0 saturated carbocycles. The van der Waals surface area contributed by atoms with Crippen LogP contribution in [0.15, 0.2) is 34.9 Å². The molecule has 0 unspecified atom stereocenters. The van der Waals surface area contributed by atoms with Crippen LogP contribution in [0.25, 0.3) is 11.1 Å². The van der Waals surface area contributed by atoms with Gasteiger partial charge >= 0.3 is 0 Å². The standard InChI is InChI=1S/C15H18FNO/c1-3-7-17-10-15-13(6-8-18-15)14-9-12(16)5-4-11(14)2/h4-6,8-9,17H,3,7,10H2,1-2H3. The second kappa shape index (κ2) is 5.83. The van der Waals surface area contributed by atoms with E-state index in [0.717, 1.165) is 35.4 Å². The van der Waals surface area contributed by atoms with Crippen molar-refractivity contribution in [3.05, 3.63) is 47.7 Å². The maximum Gasteiger partial charge on any atom is 0.125 e. The van der Waals surface area contributed by atoms with Gasteiger partial charge in [0, 0.05) is 5.56 Å². The number of nitrogens with one attached hydrogen (secondary N) is 1. The van der Waals surface area contributed by atoms with Crippen LogP contribution in [0.4, 0.5) is 4.39 Å². The molecule has 0 saturated heterocycles. The van der Waals surface area contributed by atoms with E-state index in [0.29, 0.717) is 6.54 Å². The van der Waals surface area contributed by atoms with Crippen LogP contribution in [-0.2, 0) is 6.54 Å². The highest BCUT2D eigenvalue weighted by Crippen LogP contribution is 2.28. The summed E-state index contributed by atoms with van der Waals surface area (Å²) < 4.78 is 18.8. The molecule has 2 rings (SSSR count). The van der Waals surface area contributed by atoms with E-state index in [4.69, 9.17) is 4.42 Å². The van der Waals surface area contributed by atoms with Crippen molar-refractivity contribution >= 4 is 0 Å². The maximum absolute atomic E-state index is 13.3. The molecule has 3 heteroatoms. The molecule has 0 bridgehead atoms. The molecular formula is C15H18FNO. The van der Waals surface area contributed by atoms with Crippen molar-refractivity contribution in [3.63, 3.8) is 0 Å². The maximum atomic E-state index is 13.3. The van der Waals surface area contributed by atoms with E-state index in [-0.39, 0.29) is 5.82 Å². The Hall–Kier alpha value is -1.61. The number of aryl methyl sites for hydroxylation is 1. The molecule has 96 valence electrons. The molecule has 2 nitrogen and oxygen atoms in total. The van der Waals surface area contributed by atoms with Crippen LogP contribution in [0.5, 0.6) is 0 Å². The van der Waals surface area contributed by atoms with Crippen molar-refractivity contribution in [3.8, 4) is 11.1 Å². The quantitative estimate of drug-likeness (QED) is 0.811. The summed E-state index contributed by atoms with van der Waals surface area (Å²) in [7, 11) is 0. The highest BCUT2D eigenvalue weighted by molar-refractivity contribution is 5.68. The molecular weight excluding hydrogens is 229 g/mol. The molecule has 0 aliphatic heterocycles. The van der Waals surface area contributed by atoms with Gasteiger partial charge in [-0.15, -0.1) is 0 Å². The molecule has 1 N–H and O–H groups in total. The third-order valence-corrected chi connectivity index (χ3v) is 2.95. The molecule has 1 aromatic carbocycles. The Morgan fingerprint density at radius 2 is 2.06 bits per heavy atom. The Balaban J connectivity index is 2.27. The minimum absolute atomic E-state index is 0.218. The normalized spacial score (nSPS) is 10.8. The van der Waals surface area contributed by atoms with Crippen LogP contribution in [0.2, 0.25) is 0 Å². The minimum atomic E-state index is -0.218. The molecule has 0 fully saturated rings. The zero-order valence-corrected chi connectivity index (χ0v) is 10.8. The van der Waals surface area contributed by atoms with Crippen LogP contribution in [-0.4, -0.2) is 6.54 Å². The largest absolute Gasteiger partial charge is 0.467 e. The number of benzene rings is 1. The average Bonchev–Trinajstić information content (AvgIpc) is 2.81. The minimum Gasteiger partial charge on any atom is -0.467 e. The Morgan fingerprint density at radius 1 is 1.22 bits per heavy atom. The summed E-state index contributed by atoms with van der Waals surface area (Å²) >= 11 is 0. The van der Waals surface area contributed by atoms with Crippen molar-refractivity contribution in [2.75, 3.05) is 6.54 Å². The van der Waals surface area contributed by atoms with Gasteiger partial charge in [-0.1, -0.05) is 13.0 Å². The van der Waals surface area contributed by atoms with Gasteiger partial charge in [0.05, 0.1) is 12.8 Å². The van der Waals surface area contributed by atoms with Crippen LogP contribution in [0, 0.1) is 12.7 Å². The van der Waals surface area contributed by atoms with Gasteiger partial charge in [0.2, 0.25) is 0 Å². The van der Waals surface area contributed by atoms with Crippen molar-refractivity contribution in [2.45, 2.75) is 26.8 Å². The third-order valence-electron chi connectivity index (χ3n) is 2.95. The SMILES string of the molecule is CCCNCc1occc1-c1cc(F)ccc1C. The van der Waals surface area contributed by atoms with Gasteiger partial charge in [-0.3, -0.25) is 0 Å². The van der Waals surface area contributed by atoms with Gasteiger partial charge in [-0.05, 0) is 49.2 Å². The summed E-state index contributed by atoms with van der Waals surface area (Å²) in [6.07, 6.45) is 2.73. The molecule has 1 heterocycles. The van der Waals surface area contributed by atoms with Crippen molar-refractivity contribution < 1.29 is 8.81 Å². The molecule has 0 radical (unpaired) electrons. The molecule has 0 amide bonds. The summed E-state index contributed by atoms with van der Waals surface area (Å²) in [5.41, 5.74) is 2.92. The van der Waals surface area contributed by atoms with E-state index < -0.39 is 0 Å². The monoisotopic (exact) mass is 247 g/mol. The Morgan fingerprint density at radius 3 is 2.83 bits per heavy atom. The van der Waals surface area contributed by atoms with Crippen molar-refractivity contribution in [1.82, 2.24) is 5.32 Å². The van der Waals surface area contributed by atoms with Crippen LogP contribution in [0.3, 0.4) is 0 Å². The summed E-state index contributed by atoms with van der Waals surface area (Å²) in [6.45, 7) is 5.71. The van der Waals surface area contributed by atoms with Gasteiger partial charge in [-0.25, -0.2) is 4.39 Å². The zero-order chi connectivity index (χ0) is 13.0. The van der Waals surface area contributed by atoms with Crippen LogP contribution < -0.4 is 5.32 Å². The van der Waals surface area contributed by atoms with Crippen molar-refractivity contribution in [2.24, 2.45) is 0 Å². The van der Waals surface area contributed by atoms with Gasteiger partial charge in [0.25, 0.3) is 0 Å². The Labute approximate surface area is 107 Å². The molecule has 1 aromatic heterocycles. The second-order valence-electron chi connectivity index (χ2n) is 4.39. The first kappa shape index (κ1) is 12.8. The summed E-state index contributed by atoms with van der Waals surface area (Å²) in [4.78, 5) is 0. The predicted octanol–water partition coefficient (Wildman–Crippen LogP) is 3.89. The molecule has 2 aromatic rings. The first-order valence-corrected chi connectivity index (χ1v) is 6.26. The smallest absolute Gasteiger partial charge is 0.125 e. The number of hydrogen-bond acceptors (Lipinski definition) is 2. The van der Waals surface area contributed by atoms with E-state index in [1.54, 1.807) is 18.4 Å². The fraction of sp³-hybridized carbons (Fsp3) is 0.333. The topological polar surface area (TPSA) is 25.2 Å². The van der Waals surface area contributed by atoms with Gasteiger partial charge in [-0.2, -0.15) is 0 Å². The Bertz CT molecular complexity index is 519. The number of halogens is 1.